The molecule has 0 amide bonds. The molecule has 0 radical (unpaired) electrons. The van der Waals surface area contributed by atoms with Gasteiger partial charge in [0.25, 0.3) is 0 Å². The van der Waals surface area contributed by atoms with Crippen LogP contribution in [0.1, 0.15) is 24.2 Å². The lowest BCUT2D eigenvalue weighted by Gasteiger charge is -2.10. The Bertz CT molecular complexity index is 313. The van der Waals surface area contributed by atoms with Gasteiger partial charge in [0.1, 0.15) is 0 Å². The SMILES string of the molecule is CCNC(C)C(=O)c1ccc(Br)cc1.Cl. The molecule has 0 aliphatic carbocycles. The Kier molecular flexibility index (Phi) is 6.81. The molecule has 0 bridgehead atoms. The first-order chi connectivity index (χ1) is 6.65. The van der Waals surface area contributed by atoms with Crippen LogP contribution >= 0.6 is 28.3 Å². The summed E-state index contributed by atoms with van der Waals surface area (Å²) in [5.41, 5.74) is 0.752. The lowest BCUT2D eigenvalue weighted by Crippen LogP contribution is -2.33. The lowest BCUT2D eigenvalue weighted by molar-refractivity contribution is 0.0952. The zero-order valence-corrected chi connectivity index (χ0v) is 11.2. The molecule has 0 aliphatic heterocycles. The van der Waals surface area contributed by atoms with Gasteiger partial charge < -0.3 is 5.32 Å². The van der Waals surface area contributed by atoms with Crippen molar-refractivity contribution in [2.45, 2.75) is 19.9 Å². The number of carbonyl (C=O) groups is 1. The van der Waals surface area contributed by atoms with Gasteiger partial charge in [0, 0.05) is 10.0 Å². The second kappa shape index (κ2) is 6.99. The van der Waals surface area contributed by atoms with Crippen LogP contribution in [0.3, 0.4) is 0 Å². The monoisotopic (exact) mass is 291 g/mol. The Morgan fingerprint density at radius 2 is 1.93 bits per heavy atom. The molecule has 1 N–H and O–H groups in total. The predicted octanol–water partition coefficient (Wildman–Crippen LogP) is 3.05. The third-order valence-corrected chi connectivity index (χ3v) is 2.56. The van der Waals surface area contributed by atoms with Crippen LogP contribution in [-0.2, 0) is 0 Å². The van der Waals surface area contributed by atoms with E-state index in [1.54, 1.807) is 0 Å². The minimum absolute atomic E-state index is 0. The highest BCUT2D eigenvalue weighted by atomic mass is 79.9. The molecule has 0 heterocycles. The van der Waals surface area contributed by atoms with E-state index in [0.29, 0.717) is 0 Å². The van der Waals surface area contributed by atoms with Gasteiger partial charge in [-0.25, -0.2) is 0 Å². The van der Waals surface area contributed by atoms with Gasteiger partial charge in [-0.3, -0.25) is 4.79 Å². The highest BCUT2D eigenvalue weighted by molar-refractivity contribution is 9.10. The number of ketones is 1. The summed E-state index contributed by atoms with van der Waals surface area (Å²) in [6, 6.07) is 7.32. The summed E-state index contributed by atoms with van der Waals surface area (Å²) in [6.45, 7) is 4.68. The predicted molar refractivity (Wildman–Crippen MR) is 68.9 cm³/mol. The molecule has 1 aromatic carbocycles. The van der Waals surface area contributed by atoms with Gasteiger partial charge >= 0.3 is 0 Å². The van der Waals surface area contributed by atoms with Gasteiger partial charge in [-0.2, -0.15) is 0 Å². The van der Waals surface area contributed by atoms with E-state index in [2.05, 4.69) is 21.2 Å². The summed E-state index contributed by atoms with van der Waals surface area (Å²) in [7, 11) is 0. The third-order valence-electron chi connectivity index (χ3n) is 2.03. The first-order valence-electron chi connectivity index (χ1n) is 4.68. The zero-order valence-electron chi connectivity index (χ0n) is 8.79. The van der Waals surface area contributed by atoms with E-state index in [0.717, 1.165) is 16.6 Å². The molecule has 1 atom stereocenters. The number of likely N-dealkylation sites (N-methyl/N-ethyl adjacent to an activating group) is 1. The largest absolute Gasteiger partial charge is 0.308 e. The van der Waals surface area contributed by atoms with Crippen LogP contribution in [-0.4, -0.2) is 18.4 Å². The maximum absolute atomic E-state index is 11.8. The molecule has 0 aliphatic rings. The van der Waals surface area contributed by atoms with Crippen molar-refractivity contribution in [2.75, 3.05) is 6.54 Å². The number of halogens is 2. The quantitative estimate of drug-likeness (QED) is 0.864. The van der Waals surface area contributed by atoms with Crippen LogP contribution in [0.4, 0.5) is 0 Å². The number of hydrogen-bond donors (Lipinski definition) is 1. The van der Waals surface area contributed by atoms with Crippen LogP contribution in [0.2, 0.25) is 0 Å². The first-order valence-corrected chi connectivity index (χ1v) is 5.47. The van der Waals surface area contributed by atoms with Gasteiger partial charge in [0.15, 0.2) is 5.78 Å². The highest BCUT2D eigenvalue weighted by Crippen LogP contribution is 2.11. The molecule has 0 saturated heterocycles. The van der Waals surface area contributed by atoms with E-state index in [9.17, 15) is 4.79 Å². The van der Waals surface area contributed by atoms with Crippen LogP contribution in [0, 0.1) is 0 Å². The van der Waals surface area contributed by atoms with Crippen LogP contribution in [0.5, 0.6) is 0 Å². The van der Waals surface area contributed by atoms with Crippen LogP contribution in [0.25, 0.3) is 0 Å². The second-order valence-corrected chi connectivity index (χ2v) is 4.07. The topological polar surface area (TPSA) is 29.1 Å². The minimum atomic E-state index is -0.110. The molecule has 84 valence electrons. The summed E-state index contributed by atoms with van der Waals surface area (Å²) in [5, 5.41) is 3.10. The summed E-state index contributed by atoms with van der Waals surface area (Å²) < 4.78 is 0.991. The van der Waals surface area contributed by atoms with E-state index in [1.165, 1.54) is 0 Å². The number of benzene rings is 1. The Morgan fingerprint density at radius 1 is 1.40 bits per heavy atom. The normalized spacial score (nSPS) is 11.7. The first kappa shape index (κ1) is 14.6. The molecule has 1 aromatic rings. The number of carbonyl (C=O) groups excluding carboxylic acids is 1. The molecule has 15 heavy (non-hydrogen) atoms. The number of Topliss-reactive ketones (excluding diaryl/α,β-unsaturated/α-hetero) is 1. The van der Waals surface area contributed by atoms with Crippen molar-refractivity contribution in [1.29, 1.82) is 0 Å². The Balaban J connectivity index is 0.00000196. The molecule has 0 aromatic heterocycles. The van der Waals surface area contributed by atoms with Gasteiger partial charge in [-0.15, -0.1) is 12.4 Å². The van der Waals surface area contributed by atoms with E-state index >= 15 is 0 Å². The molecular formula is C11H15BrClNO. The van der Waals surface area contributed by atoms with Gasteiger partial charge in [-0.05, 0) is 25.6 Å². The molecule has 0 saturated carbocycles. The van der Waals surface area contributed by atoms with Crippen LogP contribution in [0.15, 0.2) is 28.7 Å². The summed E-state index contributed by atoms with van der Waals surface area (Å²) in [5.74, 6) is 0.138. The number of nitrogens with one attached hydrogen (secondary N) is 1. The van der Waals surface area contributed by atoms with Crippen molar-refractivity contribution >= 4 is 34.1 Å². The van der Waals surface area contributed by atoms with Gasteiger partial charge in [0.2, 0.25) is 0 Å². The fraction of sp³-hybridized carbons (Fsp3) is 0.364. The molecular weight excluding hydrogens is 277 g/mol. The maximum atomic E-state index is 11.8. The maximum Gasteiger partial charge on any atom is 0.179 e. The fourth-order valence-corrected chi connectivity index (χ4v) is 1.53. The van der Waals surface area contributed by atoms with Gasteiger partial charge in [-0.1, -0.05) is 35.0 Å². The summed E-state index contributed by atoms with van der Waals surface area (Å²) in [6.07, 6.45) is 0. The van der Waals surface area contributed by atoms with E-state index in [-0.39, 0.29) is 24.2 Å². The van der Waals surface area contributed by atoms with E-state index < -0.39 is 0 Å². The minimum Gasteiger partial charge on any atom is -0.308 e. The standard InChI is InChI=1S/C11H14BrNO.ClH/c1-3-13-8(2)11(14)9-4-6-10(12)7-5-9;/h4-8,13H,3H2,1-2H3;1H. The number of rotatable bonds is 4. The summed E-state index contributed by atoms with van der Waals surface area (Å²) >= 11 is 3.34. The lowest BCUT2D eigenvalue weighted by atomic mass is 10.1. The van der Waals surface area contributed by atoms with Crippen molar-refractivity contribution in [1.82, 2.24) is 5.32 Å². The zero-order chi connectivity index (χ0) is 10.6. The molecule has 0 fully saturated rings. The average Bonchev–Trinajstić information content (AvgIpc) is 2.18. The molecule has 1 unspecified atom stereocenters. The fourth-order valence-electron chi connectivity index (χ4n) is 1.26. The number of hydrogen-bond acceptors (Lipinski definition) is 2. The van der Waals surface area contributed by atoms with E-state index in [4.69, 9.17) is 0 Å². The van der Waals surface area contributed by atoms with Crippen molar-refractivity contribution in [2.24, 2.45) is 0 Å². The third kappa shape index (κ3) is 4.33. The highest BCUT2D eigenvalue weighted by Gasteiger charge is 2.12. The van der Waals surface area contributed by atoms with Crippen molar-refractivity contribution in [3.05, 3.63) is 34.3 Å². The second-order valence-electron chi connectivity index (χ2n) is 3.15. The molecule has 2 nitrogen and oxygen atoms in total. The van der Waals surface area contributed by atoms with Gasteiger partial charge in [0.05, 0.1) is 6.04 Å². The molecule has 0 spiro atoms. The molecule has 4 heteroatoms. The van der Waals surface area contributed by atoms with Crippen molar-refractivity contribution in [3.8, 4) is 0 Å². The Labute approximate surface area is 105 Å². The van der Waals surface area contributed by atoms with Crippen molar-refractivity contribution in [3.63, 3.8) is 0 Å². The smallest absolute Gasteiger partial charge is 0.179 e. The van der Waals surface area contributed by atoms with Crippen LogP contribution < -0.4 is 5.32 Å². The Morgan fingerprint density at radius 3 is 2.40 bits per heavy atom. The van der Waals surface area contributed by atoms with Crippen molar-refractivity contribution < 1.29 is 4.79 Å². The van der Waals surface area contributed by atoms with E-state index in [1.807, 2.05) is 38.1 Å². The Hall–Kier alpha value is -0.380. The average molecular weight is 293 g/mol. The molecule has 1 rings (SSSR count). The summed E-state index contributed by atoms with van der Waals surface area (Å²) in [4.78, 5) is 11.8.